The summed E-state index contributed by atoms with van der Waals surface area (Å²) in [4.78, 5) is 0. The standard InChI is InChI=1S/C14H32N2O2S/c1-3-5-6-7-8-9-10-11-12-16-19(17,18)14(4-2)13-15/h14,16H,3-13,15H2,1-2H3. The van der Waals surface area contributed by atoms with E-state index in [0.717, 1.165) is 12.8 Å². The zero-order valence-electron chi connectivity index (χ0n) is 12.7. The van der Waals surface area contributed by atoms with Crippen LogP contribution in [0.15, 0.2) is 0 Å². The van der Waals surface area contributed by atoms with Gasteiger partial charge in [0.05, 0.1) is 5.25 Å². The lowest BCUT2D eigenvalue weighted by atomic mass is 10.1. The van der Waals surface area contributed by atoms with Gasteiger partial charge in [-0.3, -0.25) is 0 Å². The number of hydrogen-bond donors (Lipinski definition) is 2. The van der Waals surface area contributed by atoms with Crippen molar-refractivity contribution < 1.29 is 8.42 Å². The Balaban J connectivity index is 3.53. The van der Waals surface area contributed by atoms with E-state index in [4.69, 9.17) is 5.73 Å². The zero-order valence-corrected chi connectivity index (χ0v) is 13.5. The fourth-order valence-electron chi connectivity index (χ4n) is 2.10. The minimum absolute atomic E-state index is 0.198. The van der Waals surface area contributed by atoms with Crippen LogP contribution in [0.1, 0.15) is 71.6 Å². The molecule has 0 saturated carbocycles. The Hall–Kier alpha value is -0.130. The molecule has 19 heavy (non-hydrogen) atoms. The van der Waals surface area contributed by atoms with Gasteiger partial charge in [0, 0.05) is 13.1 Å². The van der Waals surface area contributed by atoms with Gasteiger partial charge in [-0.15, -0.1) is 0 Å². The Morgan fingerprint density at radius 3 is 1.95 bits per heavy atom. The molecule has 116 valence electrons. The zero-order chi connectivity index (χ0) is 14.6. The van der Waals surface area contributed by atoms with E-state index in [1.54, 1.807) is 0 Å². The Morgan fingerprint density at radius 2 is 1.47 bits per heavy atom. The molecule has 0 fully saturated rings. The molecule has 5 heteroatoms. The third kappa shape index (κ3) is 9.41. The van der Waals surface area contributed by atoms with Gasteiger partial charge in [0.15, 0.2) is 0 Å². The summed E-state index contributed by atoms with van der Waals surface area (Å²) in [7, 11) is -3.20. The number of sulfonamides is 1. The molecule has 0 aliphatic carbocycles. The van der Waals surface area contributed by atoms with Gasteiger partial charge in [0.25, 0.3) is 0 Å². The second-order valence-corrected chi connectivity index (χ2v) is 7.23. The summed E-state index contributed by atoms with van der Waals surface area (Å²) in [5, 5.41) is -0.443. The molecule has 3 N–H and O–H groups in total. The van der Waals surface area contributed by atoms with E-state index in [2.05, 4.69) is 11.6 Å². The smallest absolute Gasteiger partial charge is 0.215 e. The summed E-state index contributed by atoms with van der Waals surface area (Å²) in [6.07, 6.45) is 10.3. The molecule has 0 heterocycles. The van der Waals surface area contributed by atoms with Crippen molar-refractivity contribution in [2.45, 2.75) is 76.9 Å². The van der Waals surface area contributed by atoms with Crippen LogP contribution in [-0.4, -0.2) is 26.8 Å². The number of nitrogens with one attached hydrogen (secondary N) is 1. The van der Waals surface area contributed by atoms with E-state index < -0.39 is 15.3 Å². The monoisotopic (exact) mass is 292 g/mol. The van der Waals surface area contributed by atoms with Gasteiger partial charge >= 0.3 is 0 Å². The molecule has 0 aromatic rings. The number of hydrogen-bond acceptors (Lipinski definition) is 3. The van der Waals surface area contributed by atoms with E-state index in [-0.39, 0.29) is 6.54 Å². The lowest BCUT2D eigenvalue weighted by Crippen LogP contribution is -2.39. The summed E-state index contributed by atoms with van der Waals surface area (Å²) < 4.78 is 26.3. The highest BCUT2D eigenvalue weighted by Crippen LogP contribution is 2.08. The van der Waals surface area contributed by atoms with Crippen molar-refractivity contribution in [3.8, 4) is 0 Å². The van der Waals surface area contributed by atoms with Crippen molar-refractivity contribution in [1.82, 2.24) is 4.72 Å². The molecule has 0 radical (unpaired) electrons. The van der Waals surface area contributed by atoms with Crippen LogP contribution in [0.3, 0.4) is 0 Å². The number of nitrogens with two attached hydrogens (primary N) is 1. The predicted molar refractivity (Wildman–Crippen MR) is 82.7 cm³/mol. The second kappa shape index (κ2) is 11.7. The van der Waals surface area contributed by atoms with Crippen molar-refractivity contribution in [3.05, 3.63) is 0 Å². The minimum Gasteiger partial charge on any atom is -0.329 e. The average Bonchev–Trinajstić information content (AvgIpc) is 2.38. The largest absolute Gasteiger partial charge is 0.329 e. The van der Waals surface area contributed by atoms with Crippen LogP contribution in [0.2, 0.25) is 0 Å². The third-order valence-corrected chi connectivity index (χ3v) is 5.50. The third-order valence-electron chi connectivity index (χ3n) is 3.49. The lowest BCUT2D eigenvalue weighted by Gasteiger charge is -2.14. The highest BCUT2D eigenvalue weighted by atomic mass is 32.2. The lowest BCUT2D eigenvalue weighted by molar-refractivity contribution is 0.547. The summed E-state index contributed by atoms with van der Waals surface area (Å²) in [6.45, 7) is 4.82. The van der Waals surface area contributed by atoms with E-state index in [0.29, 0.717) is 13.0 Å². The fourth-order valence-corrected chi connectivity index (χ4v) is 3.46. The van der Waals surface area contributed by atoms with Crippen LogP contribution in [-0.2, 0) is 10.0 Å². The average molecular weight is 292 g/mol. The van der Waals surface area contributed by atoms with Crippen LogP contribution >= 0.6 is 0 Å². The summed E-state index contributed by atoms with van der Waals surface area (Å²) in [5.41, 5.74) is 5.46. The first-order chi connectivity index (χ1) is 9.08. The quantitative estimate of drug-likeness (QED) is 0.513. The molecule has 0 aliphatic heterocycles. The SMILES string of the molecule is CCCCCCCCCCNS(=O)(=O)C(CC)CN. The Kier molecular flexibility index (Phi) is 11.6. The van der Waals surface area contributed by atoms with Crippen LogP contribution in [0.4, 0.5) is 0 Å². The summed E-state index contributed by atoms with van der Waals surface area (Å²) >= 11 is 0. The van der Waals surface area contributed by atoms with Crippen molar-refractivity contribution in [2.24, 2.45) is 5.73 Å². The molecule has 0 bridgehead atoms. The topological polar surface area (TPSA) is 72.2 Å². The maximum Gasteiger partial charge on any atom is 0.215 e. The molecular weight excluding hydrogens is 260 g/mol. The number of rotatable bonds is 13. The normalized spacial score (nSPS) is 13.6. The van der Waals surface area contributed by atoms with Gasteiger partial charge in [-0.1, -0.05) is 58.8 Å². The van der Waals surface area contributed by atoms with Gasteiger partial charge in [-0.25, -0.2) is 13.1 Å². The molecule has 0 saturated heterocycles. The van der Waals surface area contributed by atoms with Crippen molar-refractivity contribution >= 4 is 10.0 Å². The van der Waals surface area contributed by atoms with Crippen LogP contribution in [0.5, 0.6) is 0 Å². The molecule has 0 aliphatic rings. The van der Waals surface area contributed by atoms with Crippen LogP contribution in [0.25, 0.3) is 0 Å². The highest BCUT2D eigenvalue weighted by molar-refractivity contribution is 7.90. The molecule has 0 aromatic heterocycles. The Bertz CT molecular complexity index is 288. The highest BCUT2D eigenvalue weighted by Gasteiger charge is 2.20. The van der Waals surface area contributed by atoms with Crippen LogP contribution < -0.4 is 10.5 Å². The predicted octanol–water partition coefficient (Wildman–Crippen LogP) is 2.78. The maximum absolute atomic E-state index is 11.8. The van der Waals surface area contributed by atoms with E-state index in [1.807, 2.05) is 6.92 Å². The molecule has 4 nitrogen and oxygen atoms in total. The van der Waals surface area contributed by atoms with Gasteiger partial charge in [-0.05, 0) is 12.8 Å². The first-order valence-electron chi connectivity index (χ1n) is 7.77. The second-order valence-electron chi connectivity index (χ2n) is 5.18. The summed E-state index contributed by atoms with van der Waals surface area (Å²) in [6, 6.07) is 0. The summed E-state index contributed by atoms with van der Waals surface area (Å²) in [5.74, 6) is 0. The molecule has 0 rings (SSSR count). The van der Waals surface area contributed by atoms with Gasteiger partial charge in [-0.2, -0.15) is 0 Å². The van der Waals surface area contributed by atoms with Crippen molar-refractivity contribution in [1.29, 1.82) is 0 Å². The van der Waals surface area contributed by atoms with Gasteiger partial charge in [0.2, 0.25) is 10.0 Å². The maximum atomic E-state index is 11.8. The first-order valence-corrected chi connectivity index (χ1v) is 9.31. The Morgan fingerprint density at radius 1 is 0.947 bits per heavy atom. The fraction of sp³-hybridized carbons (Fsp3) is 1.00. The van der Waals surface area contributed by atoms with Crippen molar-refractivity contribution in [2.75, 3.05) is 13.1 Å². The molecule has 0 spiro atoms. The minimum atomic E-state index is -3.20. The van der Waals surface area contributed by atoms with Gasteiger partial charge < -0.3 is 5.73 Å². The van der Waals surface area contributed by atoms with E-state index in [1.165, 1.54) is 38.5 Å². The molecule has 0 amide bonds. The molecule has 0 aromatic carbocycles. The van der Waals surface area contributed by atoms with E-state index >= 15 is 0 Å². The number of unbranched alkanes of at least 4 members (excludes halogenated alkanes) is 7. The van der Waals surface area contributed by atoms with Gasteiger partial charge in [0.1, 0.15) is 0 Å². The molecule has 1 atom stereocenters. The molecular formula is C14H32N2O2S. The van der Waals surface area contributed by atoms with E-state index in [9.17, 15) is 8.42 Å². The Labute approximate surface area is 119 Å². The van der Waals surface area contributed by atoms with Crippen LogP contribution in [0, 0.1) is 0 Å². The molecule has 1 unspecified atom stereocenters. The first kappa shape index (κ1) is 18.9. The van der Waals surface area contributed by atoms with Crippen molar-refractivity contribution in [3.63, 3.8) is 0 Å².